The van der Waals surface area contributed by atoms with Crippen LogP contribution in [0.15, 0.2) is 22.7 Å². The first-order valence-electron chi connectivity index (χ1n) is 5.21. The Morgan fingerprint density at radius 3 is 2.82 bits per heavy atom. The molecule has 1 heterocycles. The molecule has 5 heteroatoms. The van der Waals surface area contributed by atoms with E-state index in [0.29, 0.717) is 17.9 Å². The summed E-state index contributed by atoms with van der Waals surface area (Å²) in [5.74, 6) is 0.517. The molecule has 88 valence electrons. The standard InChI is InChI=1S/C12H10Br2N2O/c13-5-8-3-12(17)16(7-8)10-2-1-9(6-15)11(14)4-10/h1-2,4,8H,3,5,7H2. The maximum Gasteiger partial charge on any atom is 0.227 e. The van der Waals surface area contributed by atoms with Gasteiger partial charge in [0.2, 0.25) is 5.91 Å². The highest BCUT2D eigenvalue weighted by Crippen LogP contribution is 2.29. The van der Waals surface area contributed by atoms with Crippen molar-refractivity contribution in [2.75, 3.05) is 16.8 Å². The van der Waals surface area contributed by atoms with Crippen LogP contribution in [0, 0.1) is 17.2 Å². The number of hydrogen-bond donors (Lipinski definition) is 0. The van der Waals surface area contributed by atoms with Crippen LogP contribution in [-0.2, 0) is 4.79 Å². The number of rotatable bonds is 2. The number of carbonyl (C=O) groups excluding carboxylic acids is 1. The molecule has 1 unspecified atom stereocenters. The molecule has 0 aromatic heterocycles. The van der Waals surface area contributed by atoms with Crippen molar-refractivity contribution in [2.24, 2.45) is 5.92 Å². The van der Waals surface area contributed by atoms with E-state index in [-0.39, 0.29) is 5.91 Å². The molecule has 0 N–H and O–H groups in total. The van der Waals surface area contributed by atoms with E-state index in [0.717, 1.165) is 22.0 Å². The first-order chi connectivity index (χ1) is 8.15. The quantitative estimate of drug-likeness (QED) is 0.763. The van der Waals surface area contributed by atoms with Gasteiger partial charge in [0, 0.05) is 28.5 Å². The average molecular weight is 358 g/mol. The molecular formula is C12H10Br2N2O. The van der Waals surface area contributed by atoms with Crippen molar-refractivity contribution in [1.29, 1.82) is 5.26 Å². The normalized spacial score (nSPS) is 19.5. The van der Waals surface area contributed by atoms with E-state index in [1.165, 1.54) is 0 Å². The number of alkyl halides is 1. The first kappa shape index (κ1) is 12.6. The van der Waals surface area contributed by atoms with Gasteiger partial charge in [-0.25, -0.2) is 0 Å². The molecule has 1 fully saturated rings. The molecule has 0 radical (unpaired) electrons. The Kier molecular flexibility index (Phi) is 3.85. The second kappa shape index (κ2) is 5.19. The van der Waals surface area contributed by atoms with Crippen LogP contribution in [0.25, 0.3) is 0 Å². The lowest BCUT2D eigenvalue weighted by Gasteiger charge is -2.17. The lowest BCUT2D eigenvalue weighted by atomic mass is 10.2. The molecule has 2 rings (SSSR count). The Hall–Kier alpha value is -0.860. The molecule has 0 aliphatic carbocycles. The molecule has 1 saturated heterocycles. The van der Waals surface area contributed by atoms with Gasteiger partial charge in [-0.15, -0.1) is 0 Å². The summed E-state index contributed by atoms with van der Waals surface area (Å²) in [5, 5.41) is 9.68. The van der Waals surface area contributed by atoms with Crippen molar-refractivity contribution in [3.05, 3.63) is 28.2 Å². The smallest absolute Gasteiger partial charge is 0.227 e. The number of amides is 1. The topological polar surface area (TPSA) is 44.1 Å². The van der Waals surface area contributed by atoms with Crippen LogP contribution < -0.4 is 4.90 Å². The van der Waals surface area contributed by atoms with Crippen molar-refractivity contribution in [1.82, 2.24) is 0 Å². The first-order valence-corrected chi connectivity index (χ1v) is 7.13. The van der Waals surface area contributed by atoms with Crippen molar-refractivity contribution in [2.45, 2.75) is 6.42 Å². The SMILES string of the molecule is N#Cc1ccc(N2CC(CBr)CC2=O)cc1Br. The zero-order chi connectivity index (χ0) is 12.4. The summed E-state index contributed by atoms with van der Waals surface area (Å²) in [4.78, 5) is 13.6. The third kappa shape index (κ3) is 2.53. The maximum atomic E-state index is 11.8. The van der Waals surface area contributed by atoms with Crippen molar-refractivity contribution in [3.63, 3.8) is 0 Å². The highest BCUT2D eigenvalue weighted by molar-refractivity contribution is 9.10. The van der Waals surface area contributed by atoms with Gasteiger partial charge in [0.15, 0.2) is 0 Å². The Balaban J connectivity index is 2.27. The Bertz CT molecular complexity index is 496. The van der Waals surface area contributed by atoms with Gasteiger partial charge in [0.25, 0.3) is 0 Å². The molecular weight excluding hydrogens is 348 g/mol. The van der Waals surface area contributed by atoms with Crippen molar-refractivity contribution in [3.8, 4) is 6.07 Å². The summed E-state index contributed by atoms with van der Waals surface area (Å²) >= 11 is 6.75. The van der Waals surface area contributed by atoms with Crippen molar-refractivity contribution >= 4 is 43.5 Å². The van der Waals surface area contributed by atoms with Crippen LogP contribution >= 0.6 is 31.9 Å². The average Bonchev–Trinajstić information content (AvgIpc) is 2.70. The van der Waals surface area contributed by atoms with Gasteiger partial charge in [-0.1, -0.05) is 15.9 Å². The molecule has 0 bridgehead atoms. The zero-order valence-corrected chi connectivity index (χ0v) is 12.2. The highest BCUT2D eigenvalue weighted by Gasteiger charge is 2.29. The van der Waals surface area contributed by atoms with E-state index in [1.807, 2.05) is 12.1 Å². The van der Waals surface area contributed by atoms with Gasteiger partial charge in [-0.3, -0.25) is 4.79 Å². The van der Waals surface area contributed by atoms with E-state index in [2.05, 4.69) is 37.9 Å². The van der Waals surface area contributed by atoms with Crippen LogP contribution in [0.3, 0.4) is 0 Å². The molecule has 17 heavy (non-hydrogen) atoms. The lowest BCUT2D eigenvalue weighted by Crippen LogP contribution is -2.24. The van der Waals surface area contributed by atoms with Gasteiger partial charge < -0.3 is 4.90 Å². The van der Waals surface area contributed by atoms with Gasteiger partial charge >= 0.3 is 0 Å². The number of benzene rings is 1. The summed E-state index contributed by atoms with van der Waals surface area (Å²) in [6.45, 7) is 0.739. The predicted octanol–water partition coefficient (Wildman–Crippen LogP) is 3.07. The van der Waals surface area contributed by atoms with Crippen LogP contribution in [0.2, 0.25) is 0 Å². The molecule has 1 amide bonds. The minimum atomic E-state index is 0.144. The summed E-state index contributed by atoms with van der Waals surface area (Å²) in [5.41, 5.74) is 1.43. The van der Waals surface area contributed by atoms with Gasteiger partial charge in [-0.2, -0.15) is 5.26 Å². The summed E-state index contributed by atoms with van der Waals surface area (Å²) < 4.78 is 0.729. The van der Waals surface area contributed by atoms with E-state index >= 15 is 0 Å². The minimum Gasteiger partial charge on any atom is -0.312 e. The van der Waals surface area contributed by atoms with Crippen LogP contribution in [0.5, 0.6) is 0 Å². The number of anilines is 1. The predicted molar refractivity (Wildman–Crippen MR) is 73.1 cm³/mol. The minimum absolute atomic E-state index is 0.144. The fraction of sp³-hybridized carbons (Fsp3) is 0.333. The monoisotopic (exact) mass is 356 g/mol. The zero-order valence-electron chi connectivity index (χ0n) is 8.99. The summed E-state index contributed by atoms with van der Waals surface area (Å²) in [6.07, 6.45) is 0.586. The Morgan fingerprint density at radius 2 is 2.29 bits per heavy atom. The number of halogens is 2. The fourth-order valence-electron chi connectivity index (χ4n) is 1.90. The van der Waals surface area contributed by atoms with Gasteiger partial charge in [0.1, 0.15) is 6.07 Å². The summed E-state index contributed by atoms with van der Waals surface area (Å²) in [7, 11) is 0. The Morgan fingerprint density at radius 1 is 1.53 bits per heavy atom. The van der Waals surface area contributed by atoms with Crippen LogP contribution in [0.4, 0.5) is 5.69 Å². The number of carbonyl (C=O) groups is 1. The fourth-order valence-corrected chi connectivity index (χ4v) is 2.79. The molecule has 1 aromatic rings. The molecule has 0 spiro atoms. The van der Waals surface area contributed by atoms with Gasteiger partial charge in [-0.05, 0) is 40.0 Å². The number of hydrogen-bond acceptors (Lipinski definition) is 2. The highest BCUT2D eigenvalue weighted by atomic mass is 79.9. The van der Waals surface area contributed by atoms with Crippen LogP contribution in [0.1, 0.15) is 12.0 Å². The van der Waals surface area contributed by atoms with E-state index in [1.54, 1.807) is 11.0 Å². The lowest BCUT2D eigenvalue weighted by molar-refractivity contribution is -0.117. The second-order valence-corrected chi connectivity index (χ2v) is 5.51. The molecule has 1 aliphatic heterocycles. The maximum absolute atomic E-state index is 11.8. The summed E-state index contributed by atoms with van der Waals surface area (Å²) in [6, 6.07) is 7.46. The second-order valence-electron chi connectivity index (χ2n) is 4.00. The number of nitriles is 1. The molecule has 1 aliphatic rings. The van der Waals surface area contributed by atoms with Crippen molar-refractivity contribution < 1.29 is 4.79 Å². The third-order valence-corrected chi connectivity index (χ3v) is 4.38. The van der Waals surface area contributed by atoms with E-state index < -0.39 is 0 Å². The molecule has 1 aromatic carbocycles. The van der Waals surface area contributed by atoms with E-state index in [4.69, 9.17) is 5.26 Å². The molecule has 0 saturated carbocycles. The van der Waals surface area contributed by atoms with Gasteiger partial charge in [0.05, 0.1) is 5.56 Å². The Labute approximate surface area is 117 Å². The van der Waals surface area contributed by atoms with E-state index in [9.17, 15) is 4.79 Å². The number of nitrogens with zero attached hydrogens (tertiary/aromatic N) is 2. The molecule has 3 nitrogen and oxygen atoms in total. The largest absolute Gasteiger partial charge is 0.312 e. The van der Waals surface area contributed by atoms with Crippen LogP contribution in [-0.4, -0.2) is 17.8 Å². The molecule has 1 atom stereocenters. The third-order valence-electron chi connectivity index (χ3n) is 2.81.